The molecule has 50 heavy (non-hydrogen) atoms. The normalized spacial score (nSPS) is 16.6. The summed E-state index contributed by atoms with van der Waals surface area (Å²) in [5, 5.41) is 23.1. The summed E-state index contributed by atoms with van der Waals surface area (Å²) in [6.45, 7) is 5.61. The van der Waals surface area contributed by atoms with Gasteiger partial charge in [-0.2, -0.15) is 0 Å². The third-order valence-electron chi connectivity index (χ3n) is 8.43. The Balaban J connectivity index is 1.28. The smallest absolute Gasteiger partial charge is 0.301 e. The van der Waals surface area contributed by atoms with Gasteiger partial charge in [-0.25, -0.2) is 0 Å². The second kappa shape index (κ2) is 14.8. The van der Waals surface area contributed by atoms with E-state index >= 15 is 0 Å². The van der Waals surface area contributed by atoms with E-state index in [2.05, 4.69) is 41.4 Å². The topological polar surface area (TPSA) is 120 Å². The number of carbonyl (C=O) groups is 2. The zero-order valence-electron chi connectivity index (χ0n) is 27.6. The van der Waals surface area contributed by atoms with Gasteiger partial charge >= 0.3 is 5.91 Å². The Kier molecular flexibility index (Phi) is 9.90. The molecule has 1 aromatic heterocycles. The fourth-order valence-electron chi connectivity index (χ4n) is 6.02. The number of Topliss-reactive ketones (excluding diaryl/α,β-unsaturated/α-hetero) is 1. The van der Waals surface area contributed by atoms with Crippen LogP contribution in [0.1, 0.15) is 49.4 Å². The minimum Gasteiger partial charge on any atom is -0.507 e. The SMILES string of the molecule is CCCCOc1ccc(C2/C(=C(/O)c3ccc4c(c3)OCCO4)C(=O)C(=O)N2c2nnc(SCc3cccc4ccccc34)s2)cc1OCC. The van der Waals surface area contributed by atoms with Gasteiger partial charge in [0.1, 0.15) is 19.0 Å². The van der Waals surface area contributed by atoms with Crippen LogP contribution in [-0.2, 0) is 15.3 Å². The minimum absolute atomic E-state index is 0.0889. The molecule has 1 atom stereocenters. The van der Waals surface area contributed by atoms with Crippen LogP contribution in [0.5, 0.6) is 23.0 Å². The van der Waals surface area contributed by atoms with Crippen molar-refractivity contribution in [2.75, 3.05) is 31.3 Å². The van der Waals surface area contributed by atoms with Crippen molar-refractivity contribution < 1.29 is 33.6 Å². The summed E-state index contributed by atoms with van der Waals surface area (Å²) < 4.78 is 24.0. The molecule has 3 heterocycles. The van der Waals surface area contributed by atoms with Gasteiger partial charge in [0.2, 0.25) is 5.13 Å². The monoisotopic (exact) mass is 709 g/mol. The highest BCUT2D eigenvalue weighted by Crippen LogP contribution is 2.46. The Morgan fingerprint density at radius 1 is 0.940 bits per heavy atom. The van der Waals surface area contributed by atoms with Gasteiger partial charge in [0.05, 0.1) is 24.8 Å². The average molecular weight is 710 g/mol. The number of aliphatic hydroxyl groups excluding tert-OH is 1. The predicted octanol–water partition coefficient (Wildman–Crippen LogP) is 7.96. The first kappa shape index (κ1) is 33.4. The maximum atomic E-state index is 13.9. The molecule has 0 aliphatic carbocycles. The number of rotatable bonds is 12. The largest absolute Gasteiger partial charge is 0.507 e. The molecular formula is C38H35N3O7S2. The Morgan fingerprint density at radius 2 is 1.76 bits per heavy atom. The molecule has 2 aliphatic heterocycles. The van der Waals surface area contributed by atoms with Crippen molar-refractivity contribution in [3.05, 3.63) is 101 Å². The van der Waals surface area contributed by atoms with Crippen molar-refractivity contribution in [1.29, 1.82) is 0 Å². The first-order chi connectivity index (χ1) is 24.5. The maximum Gasteiger partial charge on any atom is 0.301 e. The molecule has 0 saturated carbocycles. The fourth-order valence-corrected chi connectivity index (χ4v) is 7.89. The zero-order valence-corrected chi connectivity index (χ0v) is 29.2. The van der Waals surface area contributed by atoms with Gasteiger partial charge in [-0.3, -0.25) is 14.5 Å². The van der Waals surface area contributed by atoms with Gasteiger partial charge < -0.3 is 24.1 Å². The van der Waals surface area contributed by atoms with Crippen LogP contribution in [0.25, 0.3) is 16.5 Å². The second-order valence-electron chi connectivity index (χ2n) is 11.6. The lowest BCUT2D eigenvalue weighted by atomic mass is 9.95. The number of benzene rings is 4. The lowest BCUT2D eigenvalue weighted by Gasteiger charge is -2.24. The number of unbranched alkanes of at least 4 members (excludes halogenated alkanes) is 1. The van der Waals surface area contributed by atoms with Crippen molar-refractivity contribution in [2.24, 2.45) is 0 Å². The van der Waals surface area contributed by atoms with Gasteiger partial charge in [-0.1, -0.05) is 85.0 Å². The first-order valence-electron chi connectivity index (χ1n) is 16.5. The molecule has 2 aliphatic rings. The predicted molar refractivity (Wildman–Crippen MR) is 194 cm³/mol. The van der Waals surface area contributed by atoms with Gasteiger partial charge in [-0.15, -0.1) is 10.2 Å². The standard InChI is InChI=1S/C38H35N3O7S2/c1-3-5-17-46-28-15-13-24(20-30(28)45-4-2)33-32(34(42)25-14-16-29-31(21-25)48-19-18-47-29)35(43)36(44)41(33)37-39-40-38(50-37)49-22-26-11-8-10-23-9-6-7-12-27(23)26/h6-16,20-21,33,42H,3-5,17-19,22H2,1-2H3/b34-32-. The molecule has 256 valence electrons. The zero-order chi connectivity index (χ0) is 34.6. The third-order valence-corrected chi connectivity index (χ3v) is 10.5. The van der Waals surface area contributed by atoms with Crippen LogP contribution >= 0.6 is 23.1 Å². The molecule has 4 aromatic carbocycles. The molecule has 0 radical (unpaired) electrons. The van der Waals surface area contributed by atoms with Crippen LogP contribution in [0.3, 0.4) is 0 Å². The Bertz CT molecular complexity index is 2090. The number of hydrogen-bond donors (Lipinski definition) is 1. The van der Waals surface area contributed by atoms with Gasteiger partial charge in [0, 0.05) is 11.3 Å². The van der Waals surface area contributed by atoms with Crippen molar-refractivity contribution in [3.63, 3.8) is 0 Å². The highest BCUT2D eigenvalue weighted by atomic mass is 32.2. The van der Waals surface area contributed by atoms with E-state index in [9.17, 15) is 14.7 Å². The van der Waals surface area contributed by atoms with E-state index in [4.69, 9.17) is 18.9 Å². The molecule has 1 fully saturated rings. The van der Waals surface area contributed by atoms with E-state index < -0.39 is 17.7 Å². The van der Waals surface area contributed by atoms with Crippen LogP contribution in [0.15, 0.2) is 88.8 Å². The number of thioether (sulfide) groups is 1. The summed E-state index contributed by atoms with van der Waals surface area (Å²) in [6.07, 6.45) is 1.85. The molecule has 1 unspecified atom stereocenters. The molecule has 1 N–H and O–H groups in total. The number of anilines is 1. The first-order valence-corrected chi connectivity index (χ1v) is 18.3. The molecule has 1 saturated heterocycles. The summed E-state index contributed by atoms with van der Waals surface area (Å²) >= 11 is 2.72. The van der Waals surface area contributed by atoms with E-state index in [1.165, 1.54) is 28.0 Å². The minimum atomic E-state index is -1.03. The number of ketones is 1. The third kappa shape index (κ3) is 6.60. The van der Waals surface area contributed by atoms with E-state index in [1.54, 1.807) is 36.4 Å². The van der Waals surface area contributed by atoms with Crippen LogP contribution in [0.2, 0.25) is 0 Å². The van der Waals surface area contributed by atoms with Crippen molar-refractivity contribution in [3.8, 4) is 23.0 Å². The lowest BCUT2D eigenvalue weighted by molar-refractivity contribution is -0.132. The van der Waals surface area contributed by atoms with Gasteiger partial charge in [-0.05, 0) is 65.6 Å². The van der Waals surface area contributed by atoms with Crippen LogP contribution in [0, 0.1) is 0 Å². The number of aromatic nitrogens is 2. The molecule has 12 heteroatoms. The molecule has 1 amide bonds. The van der Waals surface area contributed by atoms with E-state index in [-0.39, 0.29) is 16.5 Å². The lowest BCUT2D eigenvalue weighted by Crippen LogP contribution is -2.29. The van der Waals surface area contributed by atoms with Gasteiger partial charge in [0.25, 0.3) is 5.78 Å². The molecule has 7 rings (SSSR count). The Hall–Kier alpha value is -5.07. The number of ether oxygens (including phenoxy) is 4. The van der Waals surface area contributed by atoms with Crippen LogP contribution < -0.4 is 23.8 Å². The number of fused-ring (bicyclic) bond motifs is 2. The number of hydrogen-bond acceptors (Lipinski definition) is 11. The second-order valence-corrected chi connectivity index (χ2v) is 13.8. The van der Waals surface area contributed by atoms with Crippen molar-refractivity contribution >= 4 is 56.5 Å². The summed E-state index contributed by atoms with van der Waals surface area (Å²) in [6, 6.07) is 23.6. The van der Waals surface area contributed by atoms with Crippen LogP contribution in [0.4, 0.5) is 5.13 Å². The fraction of sp³-hybridized carbons (Fsp3) is 0.263. The Morgan fingerprint density at radius 3 is 2.60 bits per heavy atom. The highest BCUT2D eigenvalue weighted by molar-refractivity contribution is 8.00. The summed E-state index contributed by atoms with van der Waals surface area (Å²) in [5.41, 5.74) is 1.91. The molecular weight excluding hydrogens is 675 g/mol. The van der Waals surface area contributed by atoms with E-state index in [1.807, 2.05) is 25.1 Å². The van der Waals surface area contributed by atoms with Crippen molar-refractivity contribution in [1.82, 2.24) is 10.2 Å². The molecule has 0 spiro atoms. The van der Waals surface area contributed by atoms with Gasteiger partial charge in [0.15, 0.2) is 27.3 Å². The van der Waals surface area contributed by atoms with Crippen molar-refractivity contribution in [2.45, 2.75) is 42.8 Å². The Labute approximate surface area is 297 Å². The molecule has 10 nitrogen and oxygen atoms in total. The van der Waals surface area contributed by atoms with Crippen LogP contribution in [-0.4, -0.2) is 53.4 Å². The number of aliphatic hydroxyl groups is 1. The molecule has 0 bridgehead atoms. The number of carbonyl (C=O) groups excluding carboxylic acids is 2. The number of amides is 1. The summed E-state index contributed by atoms with van der Waals surface area (Å²) in [4.78, 5) is 29.1. The summed E-state index contributed by atoms with van der Waals surface area (Å²) in [7, 11) is 0. The van der Waals surface area contributed by atoms with E-state index in [0.717, 1.165) is 29.2 Å². The highest BCUT2D eigenvalue weighted by Gasteiger charge is 2.48. The van der Waals surface area contributed by atoms with E-state index in [0.29, 0.717) is 70.6 Å². The molecule has 5 aromatic rings. The summed E-state index contributed by atoms with van der Waals surface area (Å²) in [5.74, 6) is 0.623. The number of nitrogens with zero attached hydrogens (tertiary/aromatic N) is 3. The maximum absolute atomic E-state index is 13.9. The quantitative estimate of drug-likeness (QED) is 0.0341. The average Bonchev–Trinajstić information content (AvgIpc) is 3.72.